The summed E-state index contributed by atoms with van der Waals surface area (Å²) in [5.74, 6) is 0. The zero-order valence-electron chi connectivity index (χ0n) is 52.5. The minimum Gasteiger partial charge on any atom is -0.405 e. The van der Waals surface area contributed by atoms with E-state index >= 15 is 0 Å². The summed E-state index contributed by atoms with van der Waals surface area (Å²) in [6.07, 6.45) is 0. The van der Waals surface area contributed by atoms with Gasteiger partial charge in [0.2, 0.25) is 0 Å². The summed E-state index contributed by atoms with van der Waals surface area (Å²) in [4.78, 5) is 0. The molecule has 0 saturated carbocycles. The number of halogens is 1. The molecule has 10 heteroatoms. The fourth-order valence-electron chi connectivity index (χ4n) is 12.5. The maximum absolute atomic E-state index is 6.45. The number of benzene rings is 12. The Labute approximate surface area is 524 Å². The first-order chi connectivity index (χ1) is 42.0. The maximum Gasteiger partial charge on any atom is 0.494 e. The van der Waals surface area contributed by atoms with E-state index in [0.29, 0.717) is 0 Å². The maximum atomic E-state index is 6.45. The summed E-state index contributed by atoms with van der Waals surface area (Å²) in [7, 11) is -1.36. The molecule has 0 aromatic heterocycles. The van der Waals surface area contributed by atoms with Crippen molar-refractivity contribution in [2.75, 3.05) is 0 Å². The predicted molar refractivity (Wildman–Crippen MR) is 373 cm³/mol. The molecule has 438 valence electrons. The molecule has 3 fully saturated rings. The van der Waals surface area contributed by atoms with Crippen molar-refractivity contribution in [3.63, 3.8) is 0 Å². The van der Waals surface area contributed by atoms with Gasteiger partial charge < -0.3 is 27.9 Å². The van der Waals surface area contributed by atoms with Gasteiger partial charge in [0.25, 0.3) is 0 Å². The van der Waals surface area contributed by atoms with Gasteiger partial charge in [0, 0.05) is 5.02 Å². The van der Waals surface area contributed by atoms with Gasteiger partial charge in [0.05, 0.1) is 33.6 Å². The van der Waals surface area contributed by atoms with Crippen LogP contribution in [0.25, 0.3) is 109 Å². The normalized spacial score (nSPS) is 17.8. The molecule has 0 spiro atoms. The molecule has 0 atom stereocenters. The van der Waals surface area contributed by atoms with Gasteiger partial charge in [-0.1, -0.05) is 206 Å². The number of fused-ring (bicyclic) bond motifs is 10. The third-order valence-electron chi connectivity index (χ3n) is 19.6. The van der Waals surface area contributed by atoms with E-state index in [9.17, 15) is 0 Å². The minimum atomic E-state index is -0.476. The molecule has 88 heavy (non-hydrogen) atoms. The van der Waals surface area contributed by atoms with Crippen LogP contribution in [0.3, 0.4) is 0 Å². The molecule has 0 radical (unpaired) electrons. The molecule has 0 N–H and O–H groups in total. The Bertz CT molecular complexity index is 4530. The molecular formula is C78H74B3ClO6. The Morgan fingerprint density at radius 2 is 0.500 bits per heavy atom. The van der Waals surface area contributed by atoms with E-state index in [-0.39, 0.29) is 33.6 Å². The van der Waals surface area contributed by atoms with Crippen LogP contribution in [0.4, 0.5) is 0 Å². The van der Waals surface area contributed by atoms with Crippen LogP contribution in [-0.2, 0) is 27.9 Å². The van der Waals surface area contributed by atoms with E-state index in [2.05, 4.69) is 252 Å². The van der Waals surface area contributed by atoms with E-state index in [1.54, 1.807) is 0 Å². The largest absolute Gasteiger partial charge is 0.494 e. The van der Waals surface area contributed by atoms with Crippen LogP contribution in [0.2, 0.25) is 5.02 Å². The monoisotopic (exact) mass is 1170 g/mol. The molecule has 3 heterocycles. The molecule has 3 aliphatic heterocycles. The van der Waals surface area contributed by atoms with Crippen molar-refractivity contribution in [3.05, 3.63) is 236 Å². The highest BCUT2D eigenvalue weighted by Gasteiger charge is 2.64. The second-order valence-corrected chi connectivity index (χ2v) is 27.2. The van der Waals surface area contributed by atoms with Crippen LogP contribution < -0.4 is 5.46 Å². The van der Waals surface area contributed by atoms with Crippen molar-refractivity contribution >= 4 is 103 Å². The minimum absolute atomic E-state index is 0.360. The van der Waals surface area contributed by atoms with E-state index < -0.39 is 21.1 Å². The first kappa shape index (κ1) is 59.4. The Kier molecular flexibility index (Phi) is 15.2. The highest BCUT2D eigenvalue weighted by Crippen LogP contribution is 2.47. The lowest BCUT2D eigenvalue weighted by atomic mass is 9.49. The zero-order valence-corrected chi connectivity index (χ0v) is 53.3. The average Bonchev–Trinajstić information content (AvgIpc) is 1.24. The summed E-state index contributed by atoms with van der Waals surface area (Å²) >= 11 is 6.45. The second kappa shape index (κ2) is 22.5. The highest BCUT2D eigenvalue weighted by molar-refractivity contribution is 7.11. The summed E-state index contributed by atoms with van der Waals surface area (Å²) in [5, 5.41) is 15.7. The Morgan fingerprint density at radius 3 is 0.841 bits per heavy atom. The molecule has 0 aliphatic carbocycles. The molecule has 12 aromatic carbocycles. The van der Waals surface area contributed by atoms with Crippen LogP contribution in [0.15, 0.2) is 231 Å². The van der Waals surface area contributed by atoms with Gasteiger partial charge in [-0.3, -0.25) is 0 Å². The summed E-state index contributed by atoms with van der Waals surface area (Å²) in [5.41, 5.74) is 8.63. The number of hydrogen-bond acceptors (Lipinski definition) is 6. The van der Waals surface area contributed by atoms with E-state index in [1.807, 2.05) is 61.5 Å². The molecule has 3 saturated heterocycles. The van der Waals surface area contributed by atoms with Crippen molar-refractivity contribution in [2.45, 2.75) is 117 Å². The van der Waals surface area contributed by atoms with Crippen LogP contribution >= 0.6 is 11.6 Å². The van der Waals surface area contributed by atoms with Crippen molar-refractivity contribution < 1.29 is 27.9 Å². The summed E-state index contributed by atoms with van der Waals surface area (Å²) < 4.78 is 36.7. The molecule has 0 bridgehead atoms. The highest BCUT2D eigenvalue weighted by atomic mass is 35.5. The van der Waals surface area contributed by atoms with E-state index in [0.717, 1.165) is 10.5 Å². The molecule has 6 nitrogen and oxygen atoms in total. The lowest BCUT2D eigenvalue weighted by Gasteiger charge is -2.32. The lowest BCUT2D eigenvalue weighted by Crippen LogP contribution is -2.41. The van der Waals surface area contributed by atoms with Crippen molar-refractivity contribution in [1.29, 1.82) is 0 Å². The van der Waals surface area contributed by atoms with Crippen molar-refractivity contribution in [1.82, 2.24) is 0 Å². The third kappa shape index (κ3) is 10.7. The Balaban J connectivity index is 0.000000130. The van der Waals surface area contributed by atoms with Gasteiger partial charge in [0.15, 0.2) is 0 Å². The molecular weight excluding hydrogens is 1100 g/mol. The van der Waals surface area contributed by atoms with Crippen molar-refractivity contribution in [3.8, 4) is 44.5 Å². The Hall–Kier alpha value is -7.56. The smallest absolute Gasteiger partial charge is 0.405 e. The predicted octanol–water partition coefficient (Wildman–Crippen LogP) is 20.2. The fraction of sp³-hybridized carbons (Fsp3) is 0.231. The van der Waals surface area contributed by atoms with Gasteiger partial charge in [-0.15, -0.1) is 0 Å². The number of hydrogen-bond donors (Lipinski definition) is 0. The van der Waals surface area contributed by atoms with Gasteiger partial charge in [0.1, 0.15) is 0 Å². The summed E-state index contributed by atoms with van der Waals surface area (Å²) in [6, 6.07) is 82.5. The average molecular weight is 1180 g/mol. The zero-order chi connectivity index (χ0) is 61.5. The molecule has 0 unspecified atom stereocenters. The first-order valence-corrected chi connectivity index (χ1v) is 31.2. The van der Waals surface area contributed by atoms with E-state index in [1.165, 1.54) is 109 Å². The summed E-state index contributed by atoms with van der Waals surface area (Å²) in [6.45, 7) is 24.6. The van der Waals surface area contributed by atoms with Crippen LogP contribution in [0.5, 0.6) is 0 Å². The fourth-order valence-corrected chi connectivity index (χ4v) is 12.7. The van der Waals surface area contributed by atoms with Gasteiger partial charge in [-0.2, -0.15) is 0 Å². The lowest BCUT2D eigenvalue weighted by molar-refractivity contribution is 0.00578. The SMILES string of the molecule is CC1(C)OB(B2OC(C)(C)C(C)(C)O2)OC1(C)C.CC1(C)OB(c2ccc3c(c2)c(-c2ccccc2)cc2c4ccccc4c(-c4ccccc4)cc32)OC1(C)C.Clc1ccc2c(c1)c(-c1ccccc1)cc1c3ccccc3c(-c3ccccc3)cc21. The van der Waals surface area contributed by atoms with Crippen molar-refractivity contribution in [2.24, 2.45) is 0 Å². The quantitative estimate of drug-likeness (QED) is 0.122. The van der Waals surface area contributed by atoms with E-state index in [4.69, 9.17) is 39.5 Å². The first-order valence-electron chi connectivity index (χ1n) is 30.8. The molecule has 3 aliphatic rings. The van der Waals surface area contributed by atoms with Gasteiger partial charge in [-0.05, 0) is 234 Å². The number of rotatable bonds is 6. The van der Waals surface area contributed by atoms with Crippen LogP contribution in [-0.4, -0.2) is 54.7 Å². The molecule has 12 aromatic rings. The Morgan fingerprint density at radius 1 is 0.239 bits per heavy atom. The standard InChI is InChI=1S/C36H31BO2.C30H19Cl.C12H24B2O4/c1-35(2)36(3,4)39-37(38-35)26-19-20-29-32(21-26)31(25-15-9-6-10-16-25)23-33-28-18-12-11-17-27(28)30(22-34(29)33)24-13-7-5-8-14-24;31-22-15-16-25-28(17-22)27(21-11-5-2-6-12-21)19-29-24-14-8-7-13-23(24)26(18-30(25)29)20-9-3-1-4-10-20;1-9(2)10(3,4)16-13(15-9)14-17-11(5,6)12(7,8)18-14/h5-23H,1-4H3;1-19H;1-8H3. The van der Waals surface area contributed by atoms with Gasteiger partial charge in [-0.25, -0.2) is 0 Å². The third-order valence-corrected chi connectivity index (χ3v) is 19.8. The molecule has 0 amide bonds. The van der Waals surface area contributed by atoms with Crippen LogP contribution in [0.1, 0.15) is 83.1 Å². The van der Waals surface area contributed by atoms with Gasteiger partial charge >= 0.3 is 21.1 Å². The molecule has 15 rings (SSSR count). The van der Waals surface area contributed by atoms with Crippen LogP contribution in [0, 0.1) is 0 Å². The second-order valence-electron chi connectivity index (χ2n) is 26.8. The topological polar surface area (TPSA) is 55.4 Å².